The summed E-state index contributed by atoms with van der Waals surface area (Å²) in [5, 5.41) is 21.0. The molecule has 0 unspecified atom stereocenters. The number of aliphatic imine (C=N–C) groups is 1. The Morgan fingerprint density at radius 1 is 1.09 bits per heavy atom. The van der Waals surface area contributed by atoms with Gasteiger partial charge < -0.3 is 24.4 Å². The predicted molar refractivity (Wildman–Crippen MR) is 126 cm³/mol. The van der Waals surface area contributed by atoms with Crippen molar-refractivity contribution in [3.8, 4) is 17.2 Å². The number of aryl methyl sites for hydroxylation is 1. The van der Waals surface area contributed by atoms with Crippen molar-refractivity contribution in [2.75, 3.05) is 20.8 Å². The highest BCUT2D eigenvalue weighted by Gasteiger charge is 2.34. The third kappa shape index (κ3) is 5.04. The van der Waals surface area contributed by atoms with Crippen LogP contribution in [0.25, 0.3) is 6.08 Å². The molecule has 1 aliphatic rings. The molecule has 0 aromatic heterocycles. The van der Waals surface area contributed by atoms with Crippen molar-refractivity contribution < 1.29 is 34.0 Å². The summed E-state index contributed by atoms with van der Waals surface area (Å²) in [5.41, 5.74) is 1.46. The SMILES string of the molecule is CCOC(=O)C1=C(O)/C(=C/c2cc(OC)c(O)c(OC)c2)SC1=NC(=O)c1ccccc1C. The number of aliphatic hydroxyl groups is 1. The van der Waals surface area contributed by atoms with Crippen LogP contribution in [0.4, 0.5) is 0 Å². The second-order valence-corrected chi connectivity index (χ2v) is 7.90. The molecule has 0 spiro atoms. The van der Waals surface area contributed by atoms with Crippen molar-refractivity contribution in [1.82, 2.24) is 0 Å². The number of rotatable bonds is 6. The van der Waals surface area contributed by atoms with Gasteiger partial charge in [0.15, 0.2) is 11.5 Å². The number of phenols is 1. The van der Waals surface area contributed by atoms with Gasteiger partial charge in [-0.15, -0.1) is 0 Å². The smallest absolute Gasteiger partial charge is 0.344 e. The molecule has 0 saturated heterocycles. The molecule has 33 heavy (non-hydrogen) atoms. The number of methoxy groups -OCH3 is 2. The van der Waals surface area contributed by atoms with Crippen LogP contribution in [0, 0.1) is 6.92 Å². The topological polar surface area (TPSA) is 115 Å². The fraction of sp³-hybridized carbons (Fsp3) is 0.208. The molecule has 0 saturated carbocycles. The maximum absolute atomic E-state index is 12.8. The van der Waals surface area contributed by atoms with Gasteiger partial charge in [0.1, 0.15) is 16.4 Å². The van der Waals surface area contributed by atoms with Crippen LogP contribution in [0.2, 0.25) is 0 Å². The molecule has 3 rings (SSSR count). The van der Waals surface area contributed by atoms with Crippen molar-refractivity contribution in [2.45, 2.75) is 13.8 Å². The van der Waals surface area contributed by atoms with E-state index in [0.717, 1.165) is 17.3 Å². The first kappa shape index (κ1) is 23.9. The largest absolute Gasteiger partial charge is 0.506 e. The summed E-state index contributed by atoms with van der Waals surface area (Å²) in [6.45, 7) is 3.51. The molecular weight excluding hydrogens is 446 g/mol. The van der Waals surface area contributed by atoms with Crippen molar-refractivity contribution in [3.63, 3.8) is 0 Å². The lowest BCUT2D eigenvalue weighted by molar-refractivity contribution is -0.138. The second-order valence-electron chi connectivity index (χ2n) is 6.87. The maximum Gasteiger partial charge on any atom is 0.344 e. The van der Waals surface area contributed by atoms with Gasteiger partial charge in [0.05, 0.1) is 25.7 Å². The van der Waals surface area contributed by atoms with Crippen LogP contribution in [0.3, 0.4) is 0 Å². The summed E-state index contributed by atoms with van der Waals surface area (Å²) in [6, 6.07) is 10.0. The molecule has 0 fully saturated rings. The lowest BCUT2D eigenvalue weighted by Gasteiger charge is -2.10. The lowest BCUT2D eigenvalue weighted by Crippen LogP contribution is -2.14. The van der Waals surface area contributed by atoms with Crippen LogP contribution >= 0.6 is 11.8 Å². The highest BCUT2D eigenvalue weighted by atomic mass is 32.2. The fourth-order valence-electron chi connectivity index (χ4n) is 3.11. The summed E-state index contributed by atoms with van der Waals surface area (Å²) >= 11 is 0.957. The average molecular weight is 470 g/mol. The molecule has 2 N–H and O–H groups in total. The number of aliphatic hydroxyl groups excluding tert-OH is 1. The Balaban J connectivity index is 2.08. The number of aromatic hydroxyl groups is 1. The minimum absolute atomic E-state index is 0.0307. The highest BCUT2D eigenvalue weighted by molar-refractivity contribution is 8.18. The summed E-state index contributed by atoms with van der Waals surface area (Å²) in [6.07, 6.45) is 1.56. The Bertz CT molecular complexity index is 1170. The number of amides is 1. The van der Waals surface area contributed by atoms with Crippen LogP contribution in [0.5, 0.6) is 17.2 Å². The molecule has 2 aromatic rings. The van der Waals surface area contributed by atoms with E-state index >= 15 is 0 Å². The molecule has 8 nitrogen and oxygen atoms in total. The highest BCUT2D eigenvalue weighted by Crippen LogP contribution is 2.42. The van der Waals surface area contributed by atoms with Gasteiger partial charge in [-0.25, -0.2) is 9.79 Å². The van der Waals surface area contributed by atoms with Crippen molar-refractivity contribution in [2.24, 2.45) is 4.99 Å². The molecule has 2 aromatic carbocycles. The fourth-order valence-corrected chi connectivity index (χ4v) is 4.12. The monoisotopic (exact) mass is 469 g/mol. The molecule has 0 aliphatic carbocycles. The Labute approximate surface area is 195 Å². The van der Waals surface area contributed by atoms with Crippen molar-refractivity contribution in [1.29, 1.82) is 0 Å². The first-order chi connectivity index (χ1) is 15.8. The third-order valence-electron chi connectivity index (χ3n) is 4.75. The first-order valence-electron chi connectivity index (χ1n) is 9.94. The Kier molecular flexibility index (Phi) is 7.44. The molecule has 0 radical (unpaired) electrons. The van der Waals surface area contributed by atoms with Gasteiger partial charge in [-0.05, 0) is 49.2 Å². The van der Waals surface area contributed by atoms with E-state index in [1.165, 1.54) is 26.4 Å². The second kappa shape index (κ2) is 10.3. The summed E-state index contributed by atoms with van der Waals surface area (Å²) in [4.78, 5) is 29.7. The van der Waals surface area contributed by atoms with E-state index in [4.69, 9.17) is 14.2 Å². The molecule has 0 bridgehead atoms. The van der Waals surface area contributed by atoms with Crippen LogP contribution in [-0.2, 0) is 9.53 Å². The van der Waals surface area contributed by atoms with E-state index < -0.39 is 11.9 Å². The zero-order chi connectivity index (χ0) is 24.1. The van der Waals surface area contributed by atoms with Gasteiger partial charge in [-0.2, -0.15) is 0 Å². The summed E-state index contributed by atoms with van der Waals surface area (Å²) in [7, 11) is 2.79. The van der Waals surface area contributed by atoms with Crippen molar-refractivity contribution >= 4 is 34.8 Å². The van der Waals surface area contributed by atoms with E-state index in [-0.39, 0.29) is 45.1 Å². The van der Waals surface area contributed by atoms with Gasteiger partial charge >= 0.3 is 5.97 Å². The van der Waals surface area contributed by atoms with Crippen LogP contribution in [-0.4, -0.2) is 48.0 Å². The molecular formula is C24H23NO7S. The quantitative estimate of drug-likeness (QED) is 0.598. The molecule has 0 atom stereocenters. The van der Waals surface area contributed by atoms with Crippen LogP contribution in [0.1, 0.15) is 28.4 Å². The zero-order valence-electron chi connectivity index (χ0n) is 18.5. The van der Waals surface area contributed by atoms with Crippen LogP contribution < -0.4 is 9.47 Å². The minimum atomic E-state index is -0.789. The number of esters is 1. The van der Waals surface area contributed by atoms with Gasteiger partial charge in [0.25, 0.3) is 5.91 Å². The van der Waals surface area contributed by atoms with Gasteiger partial charge in [0.2, 0.25) is 5.75 Å². The van der Waals surface area contributed by atoms with Gasteiger partial charge in [-0.1, -0.05) is 30.0 Å². The van der Waals surface area contributed by atoms with E-state index in [2.05, 4.69) is 4.99 Å². The Morgan fingerprint density at radius 3 is 2.30 bits per heavy atom. The maximum atomic E-state index is 12.8. The van der Waals surface area contributed by atoms with Crippen molar-refractivity contribution in [3.05, 3.63) is 69.3 Å². The lowest BCUT2D eigenvalue weighted by atomic mass is 10.1. The standard InChI is InChI=1S/C24H23NO7S/c1-5-32-24(29)19-21(27)18(12-14-10-16(30-3)20(26)17(11-14)31-4)33-23(19)25-22(28)15-9-7-6-8-13(15)2/h6-12,26-27H,5H2,1-4H3/b18-12-,25-23?. The molecule has 1 aliphatic heterocycles. The Hall–Kier alpha value is -3.72. The predicted octanol–water partition coefficient (Wildman–Crippen LogP) is 4.42. The number of thioether (sulfide) groups is 1. The normalized spacial score (nSPS) is 15.8. The van der Waals surface area contributed by atoms with E-state index in [1.807, 2.05) is 0 Å². The number of hydrogen-bond acceptors (Lipinski definition) is 8. The minimum Gasteiger partial charge on any atom is -0.506 e. The number of carbonyl (C=O) groups is 2. The van der Waals surface area contributed by atoms with Crippen LogP contribution in [0.15, 0.2) is 57.6 Å². The number of carbonyl (C=O) groups excluding carboxylic acids is 2. The first-order valence-corrected chi connectivity index (χ1v) is 10.8. The average Bonchev–Trinajstić information content (AvgIpc) is 3.09. The van der Waals surface area contributed by atoms with Gasteiger partial charge in [0, 0.05) is 5.56 Å². The molecule has 172 valence electrons. The molecule has 9 heteroatoms. The summed E-state index contributed by atoms with van der Waals surface area (Å²) in [5.74, 6) is -1.52. The molecule has 1 heterocycles. The summed E-state index contributed by atoms with van der Waals surface area (Å²) < 4.78 is 15.4. The molecule has 1 amide bonds. The zero-order valence-corrected chi connectivity index (χ0v) is 19.4. The third-order valence-corrected chi connectivity index (χ3v) is 5.77. The number of benzene rings is 2. The van der Waals surface area contributed by atoms with E-state index in [0.29, 0.717) is 11.1 Å². The number of phenolic OH excluding ortho intramolecular Hbond substituents is 1. The number of hydrogen-bond donors (Lipinski definition) is 2. The Morgan fingerprint density at radius 2 is 1.73 bits per heavy atom. The van der Waals surface area contributed by atoms with E-state index in [1.54, 1.807) is 44.2 Å². The van der Waals surface area contributed by atoms with E-state index in [9.17, 15) is 19.8 Å². The van der Waals surface area contributed by atoms with Gasteiger partial charge in [-0.3, -0.25) is 4.79 Å². The number of ether oxygens (including phenoxy) is 3. The number of nitrogens with zero attached hydrogens (tertiary/aromatic N) is 1.